The minimum absolute atomic E-state index is 0.314. The molecule has 0 fully saturated rings. The Kier molecular flexibility index (Phi) is 2.63. The highest BCUT2D eigenvalue weighted by Crippen LogP contribution is 2.32. The van der Waals surface area contributed by atoms with Gasteiger partial charge in [-0.05, 0) is 19.1 Å². The minimum atomic E-state index is -0.314. The van der Waals surface area contributed by atoms with Gasteiger partial charge in [-0.3, -0.25) is 0 Å². The standard InChI is InChI=1S/C10H8ClFN2S/c1-5-7(11)3-2-6(9(5)12)8-4-14-10(13)15-8/h2-4H,1H3,(H2,13,14). The second-order valence-corrected chi connectivity index (χ2v) is 4.57. The maximum atomic E-state index is 13.8. The van der Waals surface area contributed by atoms with E-state index in [2.05, 4.69) is 4.98 Å². The van der Waals surface area contributed by atoms with Crippen LogP contribution >= 0.6 is 22.9 Å². The second-order valence-electron chi connectivity index (χ2n) is 3.10. The molecule has 1 aromatic heterocycles. The van der Waals surface area contributed by atoms with Gasteiger partial charge in [-0.2, -0.15) is 0 Å². The van der Waals surface area contributed by atoms with Crippen LogP contribution in [0.25, 0.3) is 10.4 Å². The second kappa shape index (κ2) is 3.79. The van der Waals surface area contributed by atoms with Crippen LogP contribution in [0.3, 0.4) is 0 Å². The van der Waals surface area contributed by atoms with Crippen molar-refractivity contribution in [3.05, 3.63) is 34.7 Å². The first-order valence-corrected chi connectivity index (χ1v) is 5.45. The number of benzene rings is 1. The molecule has 0 saturated carbocycles. The monoisotopic (exact) mass is 242 g/mol. The summed E-state index contributed by atoms with van der Waals surface area (Å²) in [4.78, 5) is 4.60. The van der Waals surface area contributed by atoms with Crippen LogP contribution < -0.4 is 5.73 Å². The minimum Gasteiger partial charge on any atom is -0.375 e. The molecule has 0 atom stereocenters. The first-order valence-electron chi connectivity index (χ1n) is 4.26. The SMILES string of the molecule is Cc1c(Cl)ccc(-c2cnc(N)s2)c1F. The number of anilines is 1. The molecule has 2 N–H and O–H groups in total. The third kappa shape index (κ3) is 1.82. The van der Waals surface area contributed by atoms with Crippen molar-refractivity contribution in [2.24, 2.45) is 0 Å². The molecule has 0 bridgehead atoms. The fourth-order valence-electron chi connectivity index (χ4n) is 1.26. The summed E-state index contributed by atoms with van der Waals surface area (Å²) in [6, 6.07) is 3.31. The predicted molar refractivity (Wildman–Crippen MR) is 61.7 cm³/mol. The Bertz CT molecular complexity index is 510. The number of aromatic nitrogens is 1. The first kappa shape index (κ1) is 10.4. The molecular weight excluding hydrogens is 235 g/mol. The van der Waals surface area contributed by atoms with Gasteiger partial charge in [-0.1, -0.05) is 22.9 Å². The van der Waals surface area contributed by atoms with Crippen LogP contribution in [-0.2, 0) is 0 Å². The molecule has 0 aliphatic carbocycles. The molecule has 15 heavy (non-hydrogen) atoms. The molecule has 2 aromatic rings. The maximum absolute atomic E-state index is 13.8. The van der Waals surface area contributed by atoms with E-state index in [-0.39, 0.29) is 5.82 Å². The highest BCUT2D eigenvalue weighted by Gasteiger charge is 2.12. The van der Waals surface area contributed by atoms with Crippen LogP contribution in [0.5, 0.6) is 0 Å². The van der Waals surface area contributed by atoms with Gasteiger partial charge in [-0.25, -0.2) is 9.37 Å². The Morgan fingerprint density at radius 1 is 1.47 bits per heavy atom. The third-order valence-corrected chi connectivity index (χ3v) is 3.38. The van der Waals surface area contributed by atoms with E-state index in [1.165, 1.54) is 11.3 Å². The van der Waals surface area contributed by atoms with Gasteiger partial charge in [0.2, 0.25) is 0 Å². The smallest absolute Gasteiger partial charge is 0.180 e. The van der Waals surface area contributed by atoms with Crippen molar-refractivity contribution in [2.45, 2.75) is 6.92 Å². The lowest BCUT2D eigenvalue weighted by atomic mass is 10.1. The molecule has 78 valence electrons. The zero-order chi connectivity index (χ0) is 11.0. The molecule has 0 aliphatic heterocycles. The van der Waals surface area contributed by atoms with Crippen molar-refractivity contribution in [1.82, 2.24) is 4.98 Å². The van der Waals surface area contributed by atoms with E-state index in [4.69, 9.17) is 17.3 Å². The van der Waals surface area contributed by atoms with Crippen LogP contribution in [0.15, 0.2) is 18.3 Å². The maximum Gasteiger partial charge on any atom is 0.180 e. The van der Waals surface area contributed by atoms with Gasteiger partial charge in [0.05, 0.1) is 4.88 Å². The van der Waals surface area contributed by atoms with Gasteiger partial charge in [0.1, 0.15) is 5.82 Å². The van der Waals surface area contributed by atoms with E-state index in [1.54, 1.807) is 25.3 Å². The summed E-state index contributed by atoms with van der Waals surface area (Å²) in [5.41, 5.74) is 6.43. The zero-order valence-corrected chi connectivity index (χ0v) is 9.49. The van der Waals surface area contributed by atoms with Gasteiger partial charge < -0.3 is 5.73 Å². The molecule has 2 nitrogen and oxygen atoms in total. The Morgan fingerprint density at radius 2 is 2.20 bits per heavy atom. The summed E-state index contributed by atoms with van der Waals surface area (Å²) in [5, 5.41) is 0.853. The summed E-state index contributed by atoms with van der Waals surface area (Å²) >= 11 is 7.05. The summed E-state index contributed by atoms with van der Waals surface area (Å²) < 4.78 is 13.8. The molecule has 0 saturated heterocycles. The van der Waals surface area contributed by atoms with E-state index >= 15 is 0 Å². The number of rotatable bonds is 1. The van der Waals surface area contributed by atoms with Gasteiger partial charge in [-0.15, -0.1) is 0 Å². The largest absolute Gasteiger partial charge is 0.375 e. The van der Waals surface area contributed by atoms with Crippen LogP contribution in [0.1, 0.15) is 5.56 Å². The molecule has 1 aromatic carbocycles. The van der Waals surface area contributed by atoms with Crippen molar-refractivity contribution in [1.29, 1.82) is 0 Å². The molecule has 0 aliphatic rings. The first-order chi connectivity index (χ1) is 7.09. The van der Waals surface area contributed by atoms with Crippen LogP contribution in [-0.4, -0.2) is 4.98 Å². The normalized spacial score (nSPS) is 10.6. The van der Waals surface area contributed by atoms with Crippen LogP contribution in [0, 0.1) is 12.7 Å². The lowest BCUT2D eigenvalue weighted by Crippen LogP contribution is -1.87. The summed E-state index contributed by atoms with van der Waals surface area (Å²) in [5.74, 6) is -0.314. The number of nitrogens with two attached hydrogens (primary N) is 1. The van der Waals surface area contributed by atoms with E-state index in [0.29, 0.717) is 26.2 Å². The highest BCUT2D eigenvalue weighted by molar-refractivity contribution is 7.18. The lowest BCUT2D eigenvalue weighted by molar-refractivity contribution is 0.622. The fraction of sp³-hybridized carbons (Fsp3) is 0.100. The number of thiazole rings is 1. The van der Waals surface area contributed by atoms with Crippen molar-refractivity contribution in [3.63, 3.8) is 0 Å². The third-order valence-electron chi connectivity index (χ3n) is 2.11. The van der Waals surface area contributed by atoms with Gasteiger partial charge in [0, 0.05) is 22.3 Å². The van der Waals surface area contributed by atoms with Crippen molar-refractivity contribution >= 4 is 28.1 Å². The molecule has 2 rings (SSSR count). The van der Waals surface area contributed by atoms with Crippen molar-refractivity contribution < 1.29 is 4.39 Å². The van der Waals surface area contributed by atoms with E-state index < -0.39 is 0 Å². The van der Waals surface area contributed by atoms with Crippen molar-refractivity contribution in [3.8, 4) is 10.4 Å². The van der Waals surface area contributed by atoms with E-state index in [9.17, 15) is 4.39 Å². The Labute approximate surface area is 95.5 Å². The molecule has 0 spiro atoms. The summed E-state index contributed by atoms with van der Waals surface area (Å²) in [7, 11) is 0. The highest BCUT2D eigenvalue weighted by atomic mass is 35.5. The number of hydrogen-bond donors (Lipinski definition) is 1. The Balaban J connectivity index is 2.59. The molecule has 1 heterocycles. The molecule has 0 amide bonds. The lowest BCUT2D eigenvalue weighted by Gasteiger charge is -2.04. The van der Waals surface area contributed by atoms with Crippen LogP contribution in [0.4, 0.5) is 9.52 Å². The van der Waals surface area contributed by atoms with Crippen molar-refractivity contribution in [2.75, 3.05) is 5.73 Å². The quantitative estimate of drug-likeness (QED) is 0.831. The average Bonchev–Trinajstić information content (AvgIpc) is 2.61. The average molecular weight is 243 g/mol. The summed E-state index contributed by atoms with van der Waals surface area (Å²) in [6.45, 7) is 1.64. The van der Waals surface area contributed by atoms with E-state index in [0.717, 1.165) is 0 Å². The fourth-order valence-corrected chi connectivity index (χ4v) is 2.11. The number of nitrogen functional groups attached to an aromatic ring is 1. The molecule has 5 heteroatoms. The molecule has 0 unspecified atom stereocenters. The number of halogens is 2. The van der Waals surface area contributed by atoms with E-state index in [1.807, 2.05) is 0 Å². The molecular formula is C10H8ClFN2S. The van der Waals surface area contributed by atoms with Gasteiger partial charge in [0.25, 0.3) is 0 Å². The number of nitrogens with zero attached hydrogens (tertiary/aromatic N) is 1. The van der Waals surface area contributed by atoms with Gasteiger partial charge >= 0.3 is 0 Å². The number of hydrogen-bond acceptors (Lipinski definition) is 3. The zero-order valence-electron chi connectivity index (χ0n) is 7.92. The van der Waals surface area contributed by atoms with Gasteiger partial charge in [0.15, 0.2) is 5.13 Å². The topological polar surface area (TPSA) is 38.9 Å². The Hall–Kier alpha value is -1.13. The summed E-state index contributed by atoms with van der Waals surface area (Å²) in [6.07, 6.45) is 1.56. The van der Waals surface area contributed by atoms with Crippen LogP contribution in [0.2, 0.25) is 5.02 Å². The predicted octanol–water partition coefficient (Wildman–Crippen LogP) is 3.49. The molecule has 0 radical (unpaired) electrons. The Morgan fingerprint density at radius 3 is 2.80 bits per heavy atom.